The van der Waals surface area contributed by atoms with Crippen molar-refractivity contribution in [2.24, 2.45) is 0 Å². The molecule has 22 heavy (non-hydrogen) atoms. The number of thiophene rings is 1. The molecule has 3 rings (SSSR count). The van der Waals surface area contributed by atoms with Gasteiger partial charge in [-0.05, 0) is 49.2 Å². The quantitative estimate of drug-likeness (QED) is 0.802. The highest BCUT2D eigenvalue weighted by Gasteiger charge is 2.11. The van der Waals surface area contributed by atoms with Crippen molar-refractivity contribution >= 4 is 22.9 Å². The predicted octanol–water partition coefficient (Wildman–Crippen LogP) is 3.45. The average molecular weight is 312 g/mol. The number of hydrogen-bond donors (Lipinski definition) is 1. The molecule has 0 bridgehead atoms. The second-order valence-corrected chi connectivity index (χ2v) is 6.14. The number of rotatable bonds is 4. The lowest BCUT2D eigenvalue weighted by Gasteiger charge is -2.05. The molecule has 1 aromatic carbocycles. The van der Waals surface area contributed by atoms with Gasteiger partial charge in [0, 0.05) is 10.6 Å². The number of nitrogens with one attached hydrogen (secondary N) is 1. The van der Waals surface area contributed by atoms with Gasteiger partial charge in [0.05, 0.1) is 10.6 Å². The number of nitrogens with zero attached hydrogens (tertiary/aromatic N) is 3. The van der Waals surface area contributed by atoms with E-state index in [9.17, 15) is 4.79 Å². The van der Waals surface area contributed by atoms with Gasteiger partial charge in [0.1, 0.15) is 12.7 Å². The van der Waals surface area contributed by atoms with E-state index in [1.54, 1.807) is 11.0 Å². The fourth-order valence-electron chi connectivity index (χ4n) is 2.21. The summed E-state index contributed by atoms with van der Waals surface area (Å²) in [5, 5.41) is 6.99. The molecule has 0 atom stereocenters. The number of aryl methyl sites for hydroxylation is 2. The topological polar surface area (TPSA) is 59.8 Å². The molecule has 0 spiro atoms. The summed E-state index contributed by atoms with van der Waals surface area (Å²) >= 11 is 1.53. The number of benzene rings is 1. The van der Waals surface area contributed by atoms with Crippen LogP contribution < -0.4 is 5.32 Å². The molecule has 2 aromatic heterocycles. The van der Waals surface area contributed by atoms with Gasteiger partial charge in [0.15, 0.2) is 0 Å². The monoisotopic (exact) mass is 312 g/mol. The largest absolute Gasteiger partial charge is 0.321 e. The van der Waals surface area contributed by atoms with E-state index >= 15 is 0 Å². The van der Waals surface area contributed by atoms with Gasteiger partial charge in [0.25, 0.3) is 5.91 Å². The van der Waals surface area contributed by atoms with E-state index in [2.05, 4.69) is 22.3 Å². The lowest BCUT2D eigenvalue weighted by Crippen LogP contribution is -2.10. The zero-order valence-corrected chi connectivity index (χ0v) is 13.2. The van der Waals surface area contributed by atoms with Crippen molar-refractivity contribution in [1.29, 1.82) is 0 Å². The minimum atomic E-state index is -0.0682. The minimum Gasteiger partial charge on any atom is -0.321 e. The Morgan fingerprint density at radius 3 is 2.68 bits per heavy atom. The maximum absolute atomic E-state index is 12.3. The van der Waals surface area contributed by atoms with Crippen LogP contribution in [0, 0.1) is 6.92 Å². The summed E-state index contributed by atoms with van der Waals surface area (Å²) in [5.41, 5.74) is 2.89. The Morgan fingerprint density at radius 2 is 2.09 bits per heavy atom. The highest BCUT2D eigenvalue weighted by atomic mass is 32.1. The van der Waals surface area contributed by atoms with Gasteiger partial charge in [-0.15, -0.1) is 11.3 Å². The maximum atomic E-state index is 12.3. The van der Waals surface area contributed by atoms with Crippen LogP contribution in [0.25, 0.3) is 5.69 Å². The molecule has 0 aliphatic heterocycles. The van der Waals surface area contributed by atoms with Crippen molar-refractivity contribution in [3.8, 4) is 5.69 Å². The molecular weight excluding hydrogens is 296 g/mol. The summed E-state index contributed by atoms with van der Waals surface area (Å²) < 4.78 is 1.67. The number of amides is 1. The van der Waals surface area contributed by atoms with Gasteiger partial charge < -0.3 is 5.32 Å². The number of carbonyl (C=O) groups is 1. The second kappa shape index (κ2) is 6.11. The van der Waals surface area contributed by atoms with E-state index in [1.165, 1.54) is 28.1 Å². The zero-order chi connectivity index (χ0) is 15.5. The molecule has 1 N–H and O–H groups in total. The highest BCUT2D eigenvalue weighted by molar-refractivity contribution is 7.14. The van der Waals surface area contributed by atoms with Crippen LogP contribution in [-0.4, -0.2) is 20.7 Å². The van der Waals surface area contributed by atoms with Crippen LogP contribution in [0.4, 0.5) is 5.69 Å². The third-order valence-corrected chi connectivity index (χ3v) is 4.53. The van der Waals surface area contributed by atoms with Crippen LogP contribution in [0.15, 0.2) is 43.0 Å². The van der Waals surface area contributed by atoms with Crippen molar-refractivity contribution in [2.75, 3.05) is 5.32 Å². The average Bonchev–Trinajstić information content (AvgIpc) is 3.17. The Labute approximate surface area is 132 Å². The van der Waals surface area contributed by atoms with Crippen molar-refractivity contribution < 1.29 is 4.79 Å². The lowest BCUT2D eigenvalue weighted by molar-refractivity contribution is 0.103. The molecule has 6 heteroatoms. The van der Waals surface area contributed by atoms with E-state index in [4.69, 9.17) is 0 Å². The molecule has 5 nitrogen and oxygen atoms in total. The SMILES string of the molecule is CCc1cc(C(=O)Nc2ccc(-n3cncn3)cc2)sc1C. The fraction of sp³-hybridized carbons (Fsp3) is 0.188. The van der Waals surface area contributed by atoms with Crippen LogP contribution in [-0.2, 0) is 6.42 Å². The van der Waals surface area contributed by atoms with Crippen LogP contribution in [0.1, 0.15) is 27.0 Å². The molecule has 0 radical (unpaired) electrons. The Balaban J connectivity index is 1.73. The molecule has 0 saturated carbocycles. The summed E-state index contributed by atoms with van der Waals surface area (Å²) in [6, 6.07) is 9.47. The highest BCUT2D eigenvalue weighted by Crippen LogP contribution is 2.23. The molecule has 0 fully saturated rings. The van der Waals surface area contributed by atoms with E-state index in [0.717, 1.165) is 22.7 Å². The molecule has 0 aliphatic rings. The number of anilines is 1. The summed E-state index contributed by atoms with van der Waals surface area (Å²) in [5.74, 6) is -0.0682. The Morgan fingerprint density at radius 1 is 1.32 bits per heavy atom. The molecule has 0 saturated heterocycles. The van der Waals surface area contributed by atoms with Gasteiger partial charge in [-0.3, -0.25) is 4.79 Å². The molecule has 2 heterocycles. The lowest BCUT2D eigenvalue weighted by atomic mass is 10.2. The van der Waals surface area contributed by atoms with Crippen LogP contribution in [0.3, 0.4) is 0 Å². The first-order chi connectivity index (χ1) is 10.7. The molecule has 1 amide bonds. The second-order valence-electron chi connectivity index (χ2n) is 4.89. The number of hydrogen-bond acceptors (Lipinski definition) is 4. The first kappa shape index (κ1) is 14.5. The number of carbonyl (C=O) groups excluding carboxylic acids is 1. The Kier molecular flexibility index (Phi) is 4.02. The van der Waals surface area contributed by atoms with E-state index in [1.807, 2.05) is 37.3 Å². The smallest absolute Gasteiger partial charge is 0.265 e. The minimum absolute atomic E-state index is 0.0682. The van der Waals surface area contributed by atoms with Crippen LogP contribution >= 0.6 is 11.3 Å². The standard InChI is InChI=1S/C16H16N4OS/c1-3-12-8-15(22-11(12)2)16(21)19-13-4-6-14(7-5-13)20-10-17-9-18-20/h4-10H,3H2,1-2H3,(H,19,21). The third kappa shape index (κ3) is 2.92. The first-order valence-electron chi connectivity index (χ1n) is 7.03. The predicted molar refractivity (Wildman–Crippen MR) is 87.7 cm³/mol. The zero-order valence-electron chi connectivity index (χ0n) is 12.4. The van der Waals surface area contributed by atoms with Gasteiger partial charge >= 0.3 is 0 Å². The molecular formula is C16H16N4OS. The summed E-state index contributed by atoms with van der Waals surface area (Å²) in [4.78, 5) is 18.1. The summed E-state index contributed by atoms with van der Waals surface area (Å²) in [7, 11) is 0. The Hall–Kier alpha value is -2.47. The third-order valence-electron chi connectivity index (χ3n) is 3.43. The van der Waals surface area contributed by atoms with Crippen LogP contribution in [0.2, 0.25) is 0 Å². The van der Waals surface area contributed by atoms with Gasteiger partial charge in [0.2, 0.25) is 0 Å². The molecule has 0 aliphatic carbocycles. The fourth-order valence-corrected chi connectivity index (χ4v) is 3.22. The van der Waals surface area contributed by atoms with Gasteiger partial charge in [-0.2, -0.15) is 5.10 Å². The molecule has 3 aromatic rings. The summed E-state index contributed by atoms with van der Waals surface area (Å²) in [6.45, 7) is 4.15. The van der Waals surface area contributed by atoms with Crippen molar-refractivity contribution in [3.63, 3.8) is 0 Å². The van der Waals surface area contributed by atoms with Crippen molar-refractivity contribution in [2.45, 2.75) is 20.3 Å². The summed E-state index contributed by atoms with van der Waals surface area (Å²) in [6.07, 6.45) is 4.07. The van der Waals surface area contributed by atoms with Gasteiger partial charge in [-0.1, -0.05) is 6.92 Å². The normalized spacial score (nSPS) is 10.6. The van der Waals surface area contributed by atoms with Crippen molar-refractivity contribution in [1.82, 2.24) is 14.8 Å². The van der Waals surface area contributed by atoms with Crippen molar-refractivity contribution in [3.05, 3.63) is 58.3 Å². The number of aromatic nitrogens is 3. The van der Waals surface area contributed by atoms with E-state index in [0.29, 0.717) is 0 Å². The van der Waals surface area contributed by atoms with Crippen LogP contribution in [0.5, 0.6) is 0 Å². The van der Waals surface area contributed by atoms with Gasteiger partial charge in [-0.25, -0.2) is 9.67 Å². The first-order valence-corrected chi connectivity index (χ1v) is 7.84. The Bertz CT molecular complexity index is 775. The maximum Gasteiger partial charge on any atom is 0.265 e. The van der Waals surface area contributed by atoms with E-state index in [-0.39, 0.29) is 5.91 Å². The van der Waals surface area contributed by atoms with E-state index < -0.39 is 0 Å². The molecule has 112 valence electrons. The molecule has 0 unspecified atom stereocenters.